The van der Waals surface area contributed by atoms with Crippen LogP contribution in [0.15, 0.2) is 96.6 Å². The van der Waals surface area contributed by atoms with Gasteiger partial charge in [-0.05, 0) is 0 Å². The van der Waals surface area contributed by atoms with Gasteiger partial charge in [0.15, 0.2) is 0 Å². The van der Waals surface area contributed by atoms with Crippen molar-refractivity contribution in [2.24, 2.45) is 0 Å². The fourth-order valence-electron chi connectivity index (χ4n) is 6.11. The molecule has 41 heavy (non-hydrogen) atoms. The first kappa shape index (κ1) is 38.0. The van der Waals surface area contributed by atoms with Gasteiger partial charge in [0, 0.05) is 0 Å². The van der Waals surface area contributed by atoms with Crippen molar-refractivity contribution in [2.75, 3.05) is 0 Å². The van der Waals surface area contributed by atoms with E-state index in [1.54, 1.807) is 0 Å². The van der Waals surface area contributed by atoms with Gasteiger partial charge in [0.25, 0.3) is 0 Å². The third-order valence-electron chi connectivity index (χ3n) is 8.52. The number of benzene rings is 3. The Hall–Kier alpha value is -1.06. The molecule has 0 saturated carbocycles. The quantitative estimate of drug-likeness (QED) is 0.163. The van der Waals surface area contributed by atoms with E-state index in [-0.39, 0.29) is 40.6 Å². The molecule has 1 aliphatic rings. The van der Waals surface area contributed by atoms with Crippen LogP contribution in [0.1, 0.15) is 82.9 Å². The molecular weight excluding hydrogens is 615 g/mol. The van der Waals surface area contributed by atoms with Gasteiger partial charge in [0.2, 0.25) is 0 Å². The number of rotatable bonds is 13. The Morgan fingerprint density at radius 3 is 1.12 bits per heavy atom. The average molecular weight is 660 g/mol. The van der Waals surface area contributed by atoms with Gasteiger partial charge in [-0.25, -0.2) is 0 Å². The zero-order chi connectivity index (χ0) is 27.0. The zero-order valence-corrected chi connectivity index (χ0v) is 30.0. The van der Waals surface area contributed by atoms with Crippen molar-refractivity contribution in [3.8, 4) is 0 Å². The third kappa shape index (κ3) is 8.11. The number of hydrogen-bond donors (Lipinski definition) is 0. The Kier molecular flexibility index (Phi) is 16.6. The van der Waals surface area contributed by atoms with Crippen molar-refractivity contribution in [1.82, 2.24) is 0 Å². The van der Waals surface area contributed by atoms with E-state index in [2.05, 4.69) is 139 Å². The van der Waals surface area contributed by atoms with E-state index < -0.39 is 8.07 Å². The Labute approximate surface area is 281 Å². The maximum Gasteiger partial charge on any atom is -1.00 e. The minimum atomic E-state index is -2.50. The van der Waals surface area contributed by atoms with Crippen LogP contribution >= 0.6 is 0 Å². The molecule has 0 bridgehead atoms. The predicted molar refractivity (Wildman–Crippen MR) is 165 cm³/mol. The second-order valence-electron chi connectivity index (χ2n) is 11.2. The van der Waals surface area contributed by atoms with E-state index in [4.69, 9.17) is 0 Å². The normalized spacial score (nSPS) is 15.9. The largest absolute Gasteiger partial charge is 1.00 e. The van der Waals surface area contributed by atoms with E-state index in [9.17, 15) is 0 Å². The van der Waals surface area contributed by atoms with E-state index in [0.717, 1.165) is 0 Å². The summed E-state index contributed by atoms with van der Waals surface area (Å²) in [4.78, 5) is 0. The fourth-order valence-corrected chi connectivity index (χ4v) is 13.8. The summed E-state index contributed by atoms with van der Waals surface area (Å²) in [5, 5.41) is 4.55. The number of hydrogen-bond acceptors (Lipinski definition) is 0. The Morgan fingerprint density at radius 1 is 0.561 bits per heavy atom. The molecule has 1 atom stereocenters. The van der Waals surface area contributed by atoms with Gasteiger partial charge in [-0.3, -0.25) is 0 Å². The smallest absolute Gasteiger partial charge is 1.00 e. The van der Waals surface area contributed by atoms with Crippen molar-refractivity contribution < 1.29 is 57.7 Å². The second kappa shape index (κ2) is 17.9. The Bertz CT molecular complexity index is 1110. The van der Waals surface area contributed by atoms with E-state index in [1.165, 1.54) is 95.6 Å². The summed E-state index contributed by atoms with van der Waals surface area (Å²) in [6.07, 6.45) is 18.1. The van der Waals surface area contributed by atoms with Crippen LogP contribution in [0, 0.1) is 0 Å². The fraction of sp³-hybridized carbons (Fsp3) is 0.389. The zero-order valence-electron chi connectivity index (χ0n) is 25.2. The molecule has 0 nitrogen and oxygen atoms in total. The molecular formula is C36H45Cl3SiTi. The summed E-state index contributed by atoms with van der Waals surface area (Å²) in [6.45, 7) is 9.19. The first-order chi connectivity index (χ1) is 18.5. The maximum absolute atomic E-state index is 2.51. The number of halogens is 3. The first-order valence-electron chi connectivity index (χ1n) is 14.9. The first-order valence-corrected chi connectivity index (χ1v) is 17.7. The predicted octanol–water partition coefficient (Wildman–Crippen LogP) is -1.04. The van der Waals surface area contributed by atoms with Crippen LogP contribution in [0.3, 0.4) is 0 Å². The van der Waals surface area contributed by atoms with Crippen LogP contribution in [-0.4, -0.2) is 8.07 Å². The summed E-state index contributed by atoms with van der Waals surface area (Å²) in [5.74, 6) is 0. The monoisotopic (exact) mass is 658 g/mol. The molecule has 0 aromatic heterocycles. The van der Waals surface area contributed by atoms with Gasteiger partial charge in [-0.15, -0.1) is 0 Å². The van der Waals surface area contributed by atoms with Gasteiger partial charge in [0.05, 0.1) is 0 Å². The summed E-state index contributed by atoms with van der Waals surface area (Å²) < 4.78 is -0.0339. The molecule has 0 aliphatic heterocycles. The molecule has 3 aromatic carbocycles. The summed E-state index contributed by atoms with van der Waals surface area (Å²) in [6, 6.07) is 29.4. The van der Waals surface area contributed by atoms with Crippen molar-refractivity contribution in [1.29, 1.82) is 0 Å². The van der Waals surface area contributed by atoms with E-state index >= 15 is 0 Å². The molecule has 1 unspecified atom stereocenters. The minimum Gasteiger partial charge on any atom is -1.00 e. The summed E-state index contributed by atoms with van der Waals surface area (Å²) in [5.41, 5.74) is 5.86. The molecule has 0 radical (unpaired) electrons. The van der Waals surface area contributed by atoms with Gasteiger partial charge < -0.3 is 37.2 Å². The SMILES string of the molecule is CCCCc1ccc([Si](c2ccc(CCCC)cc2)(c2ccc(CCCC)cc2)[C]2([Ti+3])C=CC=C2C)cc1.[Cl-].[Cl-].[Cl-]. The molecule has 1 aliphatic carbocycles. The molecule has 0 fully saturated rings. The van der Waals surface area contributed by atoms with Crippen LogP contribution in [0.2, 0.25) is 3.34 Å². The van der Waals surface area contributed by atoms with Crippen LogP contribution in [-0.2, 0) is 39.7 Å². The van der Waals surface area contributed by atoms with Crippen LogP contribution in [0.5, 0.6) is 0 Å². The molecule has 0 N–H and O–H groups in total. The molecule has 5 heteroatoms. The van der Waals surface area contributed by atoms with E-state index in [1.807, 2.05) is 0 Å². The Morgan fingerprint density at radius 2 is 0.878 bits per heavy atom. The third-order valence-corrected chi connectivity index (χ3v) is 16.5. The van der Waals surface area contributed by atoms with Gasteiger partial charge in [0.1, 0.15) is 0 Å². The molecule has 3 aromatic rings. The van der Waals surface area contributed by atoms with Crippen LogP contribution in [0.25, 0.3) is 0 Å². The summed E-state index contributed by atoms with van der Waals surface area (Å²) in [7, 11) is -2.50. The number of unbranched alkanes of at least 4 members (excludes halogenated alkanes) is 3. The maximum atomic E-state index is 2.51. The molecule has 218 valence electrons. The van der Waals surface area contributed by atoms with Gasteiger partial charge in [-0.1, -0.05) is 0 Å². The second-order valence-corrected chi connectivity index (χ2v) is 17.2. The van der Waals surface area contributed by atoms with Crippen molar-refractivity contribution in [2.45, 2.75) is 88.8 Å². The number of allylic oxidation sites excluding steroid dienone is 4. The molecule has 0 spiro atoms. The molecule has 4 rings (SSSR count). The van der Waals surface area contributed by atoms with Crippen molar-refractivity contribution in [3.63, 3.8) is 0 Å². The molecule has 0 amide bonds. The number of aryl methyl sites for hydroxylation is 3. The van der Waals surface area contributed by atoms with Crippen LogP contribution < -0.4 is 52.8 Å². The molecule has 0 heterocycles. The average Bonchev–Trinajstić information content (AvgIpc) is 3.30. The minimum absolute atomic E-state index is 0. The summed E-state index contributed by atoms with van der Waals surface area (Å²) >= 11 is 2.51. The standard InChI is InChI=1S/C36H45Si.3ClH.Ti/c1-5-8-13-30-17-23-33(24-18-30)37(36-16-11-12-29(36)4,34-25-19-31(20-26-34)14-9-6-2)35-27-21-32(22-28-35)15-10-7-3;;;;/h11-12,16-28H,5-10,13-15H2,1-4H3;3*1H;/q;;;;+3/p-3. The van der Waals surface area contributed by atoms with Crippen LogP contribution in [0.4, 0.5) is 0 Å². The van der Waals surface area contributed by atoms with E-state index in [0.29, 0.717) is 0 Å². The van der Waals surface area contributed by atoms with Crippen molar-refractivity contribution >= 4 is 23.6 Å². The molecule has 0 saturated heterocycles. The topological polar surface area (TPSA) is 0 Å². The Balaban J connectivity index is 0.00000280. The van der Waals surface area contributed by atoms with Gasteiger partial charge >= 0.3 is 246 Å². The van der Waals surface area contributed by atoms with Crippen molar-refractivity contribution in [3.05, 3.63) is 113 Å². The van der Waals surface area contributed by atoms with Gasteiger partial charge in [-0.2, -0.15) is 0 Å².